The largest absolute Gasteiger partial charge is 0.573 e. The minimum Gasteiger partial charge on any atom is -0.423 e. The van der Waals surface area contributed by atoms with E-state index in [1.165, 1.54) is 12.1 Å². The van der Waals surface area contributed by atoms with Gasteiger partial charge in [0.15, 0.2) is 0 Å². The summed E-state index contributed by atoms with van der Waals surface area (Å²) in [6.45, 7) is 2.21. The van der Waals surface area contributed by atoms with Crippen molar-refractivity contribution in [2.75, 3.05) is 0 Å². The van der Waals surface area contributed by atoms with E-state index in [1.54, 1.807) is 6.07 Å². The van der Waals surface area contributed by atoms with Gasteiger partial charge < -0.3 is 9.47 Å². The second-order valence-electron chi connectivity index (χ2n) is 7.10. The van der Waals surface area contributed by atoms with Gasteiger partial charge >= 0.3 is 12.3 Å². The van der Waals surface area contributed by atoms with Crippen LogP contribution >= 0.6 is 0 Å². The minimum atomic E-state index is -4.81. The number of alkyl halides is 3. The highest BCUT2D eigenvalue weighted by molar-refractivity contribution is 5.91. The Kier molecular flexibility index (Phi) is 5.91. The number of rotatable bonds is 4. The highest BCUT2D eigenvalue weighted by Crippen LogP contribution is 2.36. The van der Waals surface area contributed by atoms with Crippen molar-refractivity contribution in [2.45, 2.75) is 44.9 Å². The average Bonchev–Trinajstić information content (AvgIpc) is 2.62. The fourth-order valence-corrected chi connectivity index (χ4v) is 3.42. The minimum absolute atomic E-state index is 0.00994. The van der Waals surface area contributed by atoms with Gasteiger partial charge in [-0.25, -0.2) is 9.18 Å². The smallest absolute Gasteiger partial charge is 0.423 e. The van der Waals surface area contributed by atoms with Crippen LogP contribution in [0.2, 0.25) is 0 Å². The third kappa shape index (κ3) is 5.24. The molecule has 1 aliphatic rings. The standard InChI is InChI=1S/C21H20F4O3/c1-13-2-4-14(5-3-13)15-6-11-18(19(22)12-15)20(26)27-16-7-9-17(10-8-16)28-21(23,24)25/h6-14H,2-5H2,1H3. The number of benzene rings is 2. The van der Waals surface area contributed by atoms with Crippen LogP contribution in [0.25, 0.3) is 0 Å². The topological polar surface area (TPSA) is 35.5 Å². The Labute approximate surface area is 160 Å². The molecule has 2 aromatic carbocycles. The molecule has 28 heavy (non-hydrogen) atoms. The van der Waals surface area contributed by atoms with Gasteiger partial charge in [0.1, 0.15) is 17.3 Å². The number of carbonyl (C=O) groups excluding carboxylic acids is 1. The lowest BCUT2D eigenvalue weighted by molar-refractivity contribution is -0.274. The highest BCUT2D eigenvalue weighted by Gasteiger charge is 2.31. The average molecular weight is 396 g/mol. The molecule has 0 saturated heterocycles. The van der Waals surface area contributed by atoms with Gasteiger partial charge in [0.25, 0.3) is 0 Å². The van der Waals surface area contributed by atoms with Crippen molar-refractivity contribution in [3.05, 3.63) is 59.4 Å². The zero-order valence-corrected chi connectivity index (χ0v) is 15.3. The van der Waals surface area contributed by atoms with Crippen LogP contribution in [0.1, 0.15) is 54.4 Å². The first-order chi connectivity index (χ1) is 13.2. The van der Waals surface area contributed by atoms with Crippen molar-refractivity contribution in [2.24, 2.45) is 5.92 Å². The Morgan fingerprint density at radius 2 is 1.57 bits per heavy atom. The van der Waals surface area contributed by atoms with E-state index < -0.39 is 23.9 Å². The summed E-state index contributed by atoms with van der Waals surface area (Å²) in [7, 11) is 0. The normalized spacial score (nSPS) is 19.9. The monoisotopic (exact) mass is 396 g/mol. The van der Waals surface area contributed by atoms with Crippen molar-refractivity contribution in [3.63, 3.8) is 0 Å². The molecular formula is C21H20F4O3. The van der Waals surface area contributed by atoms with Crippen molar-refractivity contribution in [3.8, 4) is 11.5 Å². The molecule has 1 fully saturated rings. The Balaban J connectivity index is 1.65. The lowest BCUT2D eigenvalue weighted by Crippen LogP contribution is -2.17. The summed E-state index contributed by atoms with van der Waals surface area (Å²) < 4.78 is 59.7. The van der Waals surface area contributed by atoms with Crippen LogP contribution in [0.4, 0.5) is 17.6 Å². The first kappa shape index (κ1) is 20.2. The molecule has 0 heterocycles. The van der Waals surface area contributed by atoms with E-state index in [0.717, 1.165) is 55.5 Å². The van der Waals surface area contributed by atoms with Gasteiger partial charge in [-0.05, 0) is 66.6 Å². The molecular weight excluding hydrogens is 376 g/mol. The molecule has 0 atom stereocenters. The van der Waals surface area contributed by atoms with E-state index in [-0.39, 0.29) is 17.2 Å². The summed E-state index contributed by atoms with van der Waals surface area (Å²) in [6, 6.07) is 8.83. The maximum absolute atomic E-state index is 14.4. The quantitative estimate of drug-likeness (QED) is 0.349. The number of ether oxygens (including phenoxy) is 2. The summed E-state index contributed by atoms with van der Waals surface area (Å²) in [5.74, 6) is -1.06. The zero-order valence-electron chi connectivity index (χ0n) is 15.3. The molecule has 3 rings (SSSR count). The number of hydrogen-bond acceptors (Lipinski definition) is 3. The van der Waals surface area contributed by atoms with Gasteiger partial charge in [-0.15, -0.1) is 13.2 Å². The molecule has 1 aliphatic carbocycles. The Bertz CT molecular complexity index is 823. The molecule has 0 amide bonds. The molecule has 3 nitrogen and oxygen atoms in total. The lowest BCUT2D eigenvalue weighted by Gasteiger charge is -2.26. The number of hydrogen-bond donors (Lipinski definition) is 0. The van der Waals surface area contributed by atoms with E-state index in [9.17, 15) is 22.4 Å². The maximum atomic E-state index is 14.4. The van der Waals surface area contributed by atoms with Gasteiger partial charge in [0.2, 0.25) is 0 Å². The summed E-state index contributed by atoms with van der Waals surface area (Å²) in [5, 5.41) is 0. The molecule has 0 aliphatic heterocycles. The fraction of sp³-hybridized carbons (Fsp3) is 0.381. The van der Waals surface area contributed by atoms with Crippen LogP contribution in [0.15, 0.2) is 42.5 Å². The van der Waals surface area contributed by atoms with Crippen LogP contribution < -0.4 is 9.47 Å². The van der Waals surface area contributed by atoms with Gasteiger partial charge in [0.05, 0.1) is 5.56 Å². The summed E-state index contributed by atoms with van der Waals surface area (Å²) in [4.78, 5) is 12.2. The first-order valence-electron chi connectivity index (χ1n) is 9.08. The van der Waals surface area contributed by atoms with Crippen molar-refractivity contribution < 1.29 is 31.8 Å². The summed E-state index contributed by atoms with van der Waals surface area (Å²) in [6.07, 6.45) is -0.610. The third-order valence-electron chi connectivity index (χ3n) is 4.97. The number of esters is 1. The van der Waals surface area contributed by atoms with Crippen LogP contribution in [0.5, 0.6) is 11.5 Å². The van der Waals surface area contributed by atoms with Crippen molar-refractivity contribution in [1.29, 1.82) is 0 Å². The molecule has 0 aromatic heterocycles. The molecule has 0 radical (unpaired) electrons. The Morgan fingerprint density at radius 1 is 0.964 bits per heavy atom. The van der Waals surface area contributed by atoms with E-state index in [0.29, 0.717) is 5.92 Å². The van der Waals surface area contributed by atoms with Crippen molar-refractivity contribution in [1.82, 2.24) is 0 Å². The second kappa shape index (κ2) is 8.20. The van der Waals surface area contributed by atoms with Gasteiger partial charge in [0, 0.05) is 0 Å². The molecule has 0 N–H and O–H groups in total. The predicted molar refractivity (Wildman–Crippen MR) is 94.9 cm³/mol. The predicted octanol–water partition coefficient (Wildman–Crippen LogP) is 6.24. The second-order valence-corrected chi connectivity index (χ2v) is 7.10. The SMILES string of the molecule is CC1CCC(c2ccc(C(=O)Oc3ccc(OC(F)(F)F)cc3)c(F)c2)CC1. The first-order valence-corrected chi connectivity index (χ1v) is 9.08. The third-order valence-corrected chi connectivity index (χ3v) is 4.97. The van der Waals surface area contributed by atoms with Crippen molar-refractivity contribution >= 4 is 5.97 Å². The van der Waals surface area contributed by atoms with Crippen LogP contribution in [-0.4, -0.2) is 12.3 Å². The molecule has 0 unspecified atom stereocenters. The molecule has 150 valence electrons. The van der Waals surface area contributed by atoms with Gasteiger partial charge in [-0.3, -0.25) is 0 Å². The summed E-state index contributed by atoms with van der Waals surface area (Å²) in [5.41, 5.74) is 0.651. The van der Waals surface area contributed by atoms with Crippen LogP contribution in [-0.2, 0) is 0 Å². The maximum Gasteiger partial charge on any atom is 0.573 e. The molecule has 0 bridgehead atoms. The number of halogens is 4. The van der Waals surface area contributed by atoms with E-state index in [1.807, 2.05) is 0 Å². The van der Waals surface area contributed by atoms with E-state index >= 15 is 0 Å². The van der Waals surface area contributed by atoms with Gasteiger partial charge in [-0.2, -0.15) is 0 Å². The summed E-state index contributed by atoms with van der Waals surface area (Å²) >= 11 is 0. The van der Waals surface area contributed by atoms with Gasteiger partial charge in [-0.1, -0.05) is 25.8 Å². The van der Waals surface area contributed by atoms with E-state index in [4.69, 9.17) is 4.74 Å². The lowest BCUT2D eigenvalue weighted by atomic mass is 9.79. The van der Waals surface area contributed by atoms with E-state index in [2.05, 4.69) is 11.7 Å². The van der Waals surface area contributed by atoms with Crippen LogP contribution in [0.3, 0.4) is 0 Å². The zero-order chi connectivity index (χ0) is 20.3. The molecule has 2 aromatic rings. The molecule has 0 spiro atoms. The fourth-order valence-electron chi connectivity index (χ4n) is 3.42. The molecule has 1 saturated carbocycles. The Hall–Kier alpha value is -2.57. The highest BCUT2D eigenvalue weighted by atomic mass is 19.4. The molecule has 7 heteroatoms. The Morgan fingerprint density at radius 3 is 2.14 bits per heavy atom. The van der Waals surface area contributed by atoms with Crippen LogP contribution in [0, 0.1) is 11.7 Å². The number of carbonyl (C=O) groups is 1.